The van der Waals surface area contributed by atoms with Crippen molar-refractivity contribution in [3.05, 3.63) is 77.9 Å². The maximum atomic E-state index is 14.7. The first-order valence-electron chi connectivity index (χ1n) is 11.6. The van der Waals surface area contributed by atoms with E-state index in [4.69, 9.17) is 0 Å². The number of nitrogens with zero attached hydrogens (tertiary/aromatic N) is 2. The normalized spacial score (nSPS) is 16.8. The second-order valence-corrected chi connectivity index (χ2v) is 8.95. The maximum Gasteiger partial charge on any atom is 0.573 e. The summed E-state index contributed by atoms with van der Waals surface area (Å²) in [7, 11) is 1.92. The number of likely N-dealkylation sites (N-methyl/N-ethyl adjacent to an activating group) is 1. The summed E-state index contributed by atoms with van der Waals surface area (Å²) in [5.41, 5.74) is -1.65. The smallest absolute Gasteiger partial charge is 0.406 e. The third-order valence-corrected chi connectivity index (χ3v) is 6.13. The molecule has 4 rings (SSSR count). The van der Waals surface area contributed by atoms with Crippen molar-refractivity contribution in [2.24, 2.45) is 0 Å². The van der Waals surface area contributed by atoms with Gasteiger partial charge in [-0.05, 0) is 49.0 Å². The van der Waals surface area contributed by atoms with Crippen molar-refractivity contribution < 1.29 is 40.3 Å². The number of hydrogen-bond donors (Lipinski definition) is 2. The highest BCUT2D eigenvalue weighted by Crippen LogP contribution is 2.38. The number of dihydropyridines is 1. The molecule has 1 saturated heterocycles. The molecule has 2 heterocycles. The highest BCUT2D eigenvalue weighted by atomic mass is 19.4. The van der Waals surface area contributed by atoms with Gasteiger partial charge in [-0.3, -0.25) is 4.79 Å². The molecule has 0 spiro atoms. The molecule has 0 bridgehead atoms. The summed E-state index contributed by atoms with van der Waals surface area (Å²) in [6, 6.07) is 6.75. The molecule has 0 atom stereocenters. The van der Waals surface area contributed by atoms with Crippen molar-refractivity contribution >= 4 is 17.3 Å². The SMILES string of the molecule is C=C1C=C(C(F)(F)F)C(C(=O)Nc2cc(-c3cc(OC(F)(F)F)ccc3F)ccc2N2CCN(C)CC2)=CN1. The molecule has 13 heteroatoms. The third-order valence-electron chi connectivity index (χ3n) is 6.13. The molecular weight excluding hydrogens is 533 g/mol. The second-order valence-electron chi connectivity index (χ2n) is 8.95. The van der Waals surface area contributed by atoms with Crippen molar-refractivity contribution in [2.75, 3.05) is 43.4 Å². The van der Waals surface area contributed by atoms with Gasteiger partial charge in [0, 0.05) is 43.6 Å². The molecule has 2 aliphatic heterocycles. The summed E-state index contributed by atoms with van der Waals surface area (Å²) in [6.45, 7) is 5.82. The number of benzene rings is 2. The quantitative estimate of drug-likeness (QED) is 0.472. The number of nitrogens with one attached hydrogen (secondary N) is 2. The molecule has 2 aromatic rings. The topological polar surface area (TPSA) is 56.8 Å². The number of hydrogen-bond acceptors (Lipinski definition) is 5. The lowest BCUT2D eigenvalue weighted by atomic mass is 10.0. The Morgan fingerprint density at radius 2 is 1.72 bits per heavy atom. The molecule has 2 N–H and O–H groups in total. The van der Waals surface area contributed by atoms with Crippen LogP contribution < -0.4 is 20.3 Å². The molecule has 0 aliphatic carbocycles. The Hall–Kier alpha value is -4.00. The molecule has 1 fully saturated rings. The molecular formula is C26H23F7N4O2. The fraction of sp³-hybridized carbons (Fsp3) is 0.269. The van der Waals surface area contributed by atoms with Crippen LogP contribution in [0, 0.1) is 5.82 Å². The van der Waals surface area contributed by atoms with Crippen LogP contribution in [0.3, 0.4) is 0 Å². The van der Waals surface area contributed by atoms with E-state index in [1.54, 1.807) is 0 Å². The van der Waals surface area contributed by atoms with Gasteiger partial charge in [-0.2, -0.15) is 13.2 Å². The molecule has 2 aliphatic rings. The number of piperazine rings is 1. The summed E-state index contributed by atoms with van der Waals surface area (Å²) >= 11 is 0. The van der Waals surface area contributed by atoms with Crippen LogP contribution in [0.2, 0.25) is 0 Å². The number of carbonyl (C=O) groups excluding carboxylic acids is 1. The summed E-state index contributed by atoms with van der Waals surface area (Å²) in [5, 5.41) is 4.97. The van der Waals surface area contributed by atoms with Gasteiger partial charge in [-0.1, -0.05) is 12.6 Å². The summed E-state index contributed by atoms with van der Waals surface area (Å²) in [4.78, 5) is 17.1. The van der Waals surface area contributed by atoms with E-state index < -0.39 is 41.2 Å². The van der Waals surface area contributed by atoms with Gasteiger partial charge in [0.25, 0.3) is 5.91 Å². The van der Waals surface area contributed by atoms with Crippen LogP contribution in [0.15, 0.2) is 72.1 Å². The second kappa shape index (κ2) is 10.6. The Balaban J connectivity index is 1.74. The number of alkyl halides is 6. The molecule has 0 radical (unpaired) electrons. The van der Waals surface area contributed by atoms with E-state index in [1.807, 2.05) is 11.9 Å². The molecule has 2 aromatic carbocycles. The first-order valence-corrected chi connectivity index (χ1v) is 11.6. The summed E-state index contributed by atoms with van der Waals surface area (Å²) < 4.78 is 97.7. The van der Waals surface area contributed by atoms with Gasteiger partial charge >= 0.3 is 12.5 Å². The first kappa shape index (κ1) is 28.0. The average Bonchev–Trinajstić information content (AvgIpc) is 2.84. The Labute approximate surface area is 219 Å². The Morgan fingerprint density at radius 3 is 2.36 bits per heavy atom. The molecule has 39 heavy (non-hydrogen) atoms. The molecule has 1 amide bonds. The molecule has 0 saturated carbocycles. The van der Waals surface area contributed by atoms with Gasteiger partial charge in [-0.15, -0.1) is 13.2 Å². The van der Waals surface area contributed by atoms with Gasteiger partial charge < -0.3 is 25.2 Å². The predicted octanol–water partition coefficient (Wildman–Crippen LogP) is 5.57. The number of carbonyl (C=O) groups is 1. The van der Waals surface area contributed by atoms with Gasteiger partial charge in [0.2, 0.25) is 0 Å². The largest absolute Gasteiger partial charge is 0.573 e. The zero-order chi connectivity index (χ0) is 28.5. The van der Waals surface area contributed by atoms with Gasteiger partial charge in [0.15, 0.2) is 0 Å². The van der Waals surface area contributed by atoms with Crippen molar-refractivity contribution in [1.29, 1.82) is 0 Å². The summed E-state index contributed by atoms with van der Waals surface area (Å²) in [5.74, 6) is -2.62. The maximum absolute atomic E-state index is 14.7. The minimum Gasteiger partial charge on any atom is -0.406 e. The number of halogens is 7. The van der Waals surface area contributed by atoms with Crippen LogP contribution in [0.1, 0.15) is 0 Å². The minimum atomic E-state index is -5.00. The average molecular weight is 556 g/mol. The highest BCUT2D eigenvalue weighted by Gasteiger charge is 2.40. The zero-order valence-electron chi connectivity index (χ0n) is 20.5. The first-order chi connectivity index (χ1) is 18.2. The van der Waals surface area contributed by atoms with E-state index in [2.05, 4.69) is 26.8 Å². The molecule has 0 aromatic heterocycles. The minimum absolute atomic E-state index is 0.0513. The number of amides is 1. The lowest BCUT2D eigenvalue weighted by molar-refractivity contribution is -0.274. The standard InChI is InChI=1S/C26H23F7N4O2/c1-15-11-20(25(28,29)30)19(14-34-15)24(38)35-22-12-16(3-6-23(22)37-9-7-36(2)8-10-37)18-13-17(4-5-21(18)27)39-26(31,32)33/h3-6,11-14,34H,1,7-10H2,2H3,(H,35,38). The lowest BCUT2D eigenvalue weighted by Crippen LogP contribution is -2.44. The van der Waals surface area contributed by atoms with Crippen LogP contribution in [0.4, 0.5) is 42.1 Å². The highest BCUT2D eigenvalue weighted by molar-refractivity contribution is 6.09. The Kier molecular flexibility index (Phi) is 7.64. The van der Waals surface area contributed by atoms with E-state index in [-0.39, 0.29) is 22.5 Å². The van der Waals surface area contributed by atoms with Crippen LogP contribution in [-0.2, 0) is 4.79 Å². The van der Waals surface area contributed by atoms with Crippen molar-refractivity contribution in [3.8, 4) is 16.9 Å². The molecule has 6 nitrogen and oxygen atoms in total. The number of ether oxygens (including phenoxy) is 1. The number of anilines is 2. The number of allylic oxidation sites excluding steroid dienone is 1. The monoisotopic (exact) mass is 556 g/mol. The van der Waals surface area contributed by atoms with E-state index in [9.17, 15) is 35.5 Å². The van der Waals surface area contributed by atoms with E-state index in [1.165, 1.54) is 18.2 Å². The van der Waals surface area contributed by atoms with Crippen LogP contribution in [0.25, 0.3) is 11.1 Å². The van der Waals surface area contributed by atoms with Gasteiger partial charge in [0.1, 0.15) is 11.6 Å². The van der Waals surface area contributed by atoms with Crippen LogP contribution in [-0.4, -0.2) is 56.6 Å². The van der Waals surface area contributed by atoms with E-state index in [0.29, 0.717) is 37.9 Å². The molecule has 0 unspecified atom stereocenters. The van der Waals surface area contributed by atoms with Gasteiger partial charge in [0.05, 0.1) is 22.5 Å². The third kappa shape index (κ3) is 6.72. The number of rotatable bonds is 5. The lowest BCUT2D eigenvalue weighted by Gasteiger charge is -2.35. The van der Waals surface area contributed by atoms with E-state index >= 15 is 0 Å². The van der Waals surface area contributed by atoms with E-state index in [0.717, 1.165) is 24.4 Å². The molecule has 208 valence electrons. The Bertz CT molecular complexity index is 1340. The Morgan fingerprint density at radius 1 is 1.03 bits per heavy atom. The summed E-state index contributed by atoms with van der Waals surface area (Å²) in [6.07, 6.45) is -8.26. The predicted molar refractivity (Wildman–Crippen MR) is 131 cm³/mol. The van der Waals surface area contributed by atoms with Crippen molar-refractivity contribution in [1.82, 2.24) is 10.2 Å². The fourth-order valence-electron chi connectivity index (χ4n) is 4.20. The van der Waals surface area contributed by atoms with Crippen molar-refractivity contribution in [2.45, 2.75) is 12.5 Å². The van der Waals surface area contributed by atoms with Crippen LogP contribution >= 0.6 is 0 Å². The zero-order valence-corrected chi connectivity index (χ0v) is 20.5. The van der Waals surface area contributed by atoms with Gasteiger partial charge in [-0.25, -0.2) is 4.39 Å². The van der Waals surface area contributed by atoms with Crippen LogP contribution in [0.5, 0.6) is 5.75 Å². The van der Waals surface area contributed by atoms with Crippen molar-refractivity contribution in [3.63, 3.8) is 0 Å². The fourth-order valence-corrected chi connectivity index (χ4v) is 4.20.